The number of rotatable bonds is 8. The fraction of sp³-hybridized carbons (Fsp3) is 0.714. The van der Waals surface area contributed by atoms with Crippen molar-refractivity contribution in [1.82, 2.24) is 0 Å². The summed E-state index contributed by atoms with van der Waals surface area (Å²) < 4.78 is 0. The van der Waals surface area contributed by atoms with Gasteiger partial charge in [-0.1, -0.05) is 121 Å². The van der Waals surface area contributed by atoms with Gasteiger partial charge in [-0.2, -0.15) is 0 Å². The first-order valence-corrected chi connectivity index (χ1v) is 15.8. The highest BCUT2D eigenvalue weighted by Gasteiger charge is 2.41. The zero-order chi connectivity index (χ0) is 17.9. The Balaban J connectivity index is 3.04. The fourth-order valence-corrected chi connectivity index (χ4v) is 9.74. The zero-order valence-corrected chi connectivity index (χ0v) is 19.2. The minimum atomic E-state index is -1.44. The predicted octanol–water partition coefficient (Wildman–Crippen LogP) is 6.14. The van der Waals surface area contributed by atoms with Gasteiger partial charge >= 0.3 is 0 Å². The van der Waals surface area contributed by atoms with Gasteiger partial charge in [0.1, 0.15) is 0 Å². The summed E-state index contributed by atoms with van der Waals surface area (Å²) >= 11 is 0. The number of benzene rings is 1. The third-order valence-corrected chi connectivity index (χ3v) is 15.7. The molecule has 0 saturated heterocycles. The monoisotopic (exact) mass is 348 g/mol. The zero-order valence-electron chi connectivity index (χ0n) is 17.2. The van der Waals surface area contributed by atoms with Gasteiger partial charge in [-0.25, -0.2) is 0 Å². The van der Waals surface area contributed by atoms with E-state index in [-0.39, 0.29) is 0 Å². The molecule has 1 aromatic carbocycles. The molecule has 0 nitrogen and oxygen atoms in total. The Kier molecular flexibility index (Phi) is 6.92. The van der Waals surface area contributed by atoms with E-state index >= 15 is 0 Å². The molecule has 0 aliphatic carbocycles. The normalized spacial score (nSPS) is 13.7. The highest BCUT2D eigenvalue weighted by Crippen LogP contribution is 2.43. The second-order valence-corrected chi connectivity index (χ2v) is 19.2. The Hall–Kier alpha value is -0.346. The van der Waals surface area contributed by atoms with Gasteiger partial charge in [0, 0.05) is 0 Å². The number of hydrogen-bond acceptors (Lipinski definition) is 0. The lowest BCUT2D eigenvalue weighted by atomic mass is 10.1. The molecule has 0 bridgehead atoms. The minimum Gasteiger partial charge on any atom is -0.0654 e. The molecule has 0 radical (unpaired) electrons. The summed E-state index contributed by atoms with van der Waals surface area (Å²) in [5.41, 5.74) is 0. The molecule has 0 amide bonds. The quantitative estimate of drug-likeness (QED) is 0.495. The molecular formula is C21H40Si2. The molecule has 23 heavy (non-hydrogen) atoms. The number of hydrogen-bond donors (Lipinski definition) is 0. The summed E-state index contributed by atoms with van der Waals surface area (Å²) in [7, 11) is -2.71. The average Bonchev–Trinajstić information content (AvgIpc) is 2.52. The van der Waals surface area contributed by atoms with Gasteiger partial charge in [-0.15, -0.1) is 0 Å². The Morgan fingerprint density at radius 3 is 1.70 bits per heavy atom. The van der Waals surface area contributed by atoms with E-state index in [4.69, 9.17) is 0 Å². The summed E-state index contributed by atoms with van der Waals surface area (Å²) in [5, 5.41) is 3.78. The third-order valence-electron chi connectivity index (χ3n) is 6.80. The van der Waals surface area contributed by atoms with Crippen molar-refractivity contribution in [3.63, 3.8) is 0 Å². The van der Waals surface area contributed by atoms with Crippen LogP contribution >= 0.6 is 0 Å². The standard InChI is InChI=1S/C21H40Si2/c1-10-21(5,11-2)23(8,9)20-14-12-19(13-15-20)22(6,7)17-16-18(3)4/h12-15,18H,10-11,16-17H2,1-9H3. The van der Waals surface area contributed by atoms with Crippen LogP contribution in [-0.4, -0.2) is 16.1 Å². The second-order valence-electron chi connectivity index (χ2n) is 9.29. The van der Waals surface area contributed by atoms with E-state index in [1.807, 2.05) is 0 Å². The molecule has 1 aromatic rings. The van der Waals surface area contributed by atoms with Crippen molar-refractivity contribution >= 4 is 26.5 Å². The summed E-state index contributed by atoms with van der Waals surface area (Å²) in [6.45, 7) is 22.1. The van der Waals surface area contributed by atoms with Crippen LogP contribution in [0.1, 0.15) is 53.9 Å². The Labute approximate surface area is 148 Å². The molecule has 1 rings (SSSR count). The molecule has 0 aromatic heterocycles. The van der Waals surface area contributed by atoms with E-state index in [0.29, 0.717) is 5.04 Å². The van der Waals surface area contributed by atoms with Crippen LogP contribution in [0.3, 0.4) is 0 Å². The van der Waals surface area contributed by atoms with E-state index in [1.165, 1.54) is 25.3 Å². The Morgan fingerprint density at radius 2 is 1.30 bits per heavy atom. The van der Waals surface area contributed by atoms with Gasteiger partial charge < -0.3 is 0 Å². The molecule has 0 spiro atoms. The van der Waals surface area contributed by atoms with E-state index in [1.54, 1.807) is 10.4 Å². The molecule has 0 unspecified atom stereocenters. The van der Waals surface area contributed by atoms with E-state index in [9.17, 15) is 0 Å². The van der Waals surface area contributed by atoms with E-state index in [2.05, 4.69) is 85.1 Å². The Morgan fingerprint density at radius 1 is 0.870 bits per heavy atom. The summed E-state index contributed by atoms with van der Waals surface area (Å²) in [6, 6.07) is 11.3. The van der Waals surface area contributed by atoms with Crippen LogP contribution < -0.4 is 10.4 Å². The van der Waals surface area contributed by atoms with Crippen LogP contribution in [0.4, 0.5) is 0 Å². The van der Waals surface area contributed by atoms with Crippen molar-refractivity contribution in [3.05, 3.63) is 24.3 Å². The molecule has 0 fully saturated rings. The van der Waals surface area contributed by atoms with Crippen LogP contribution in [0.2, 0.25) is 37.3 Å². The van der Waals surface area contributed by atoms with Crippen LogP contribution in [0.15, 0.2) is 24.3 Å². The third kappa shape index (κ3) is 4.60. The van der Waals surface area contributed by atoms with E-state index < -0.39 is 16.1 Å². The largest absolute Gasteiger partial charge is 0.0864 e. The van der Waals surface area contributed by atoms with Gasteiger partial charge in [0.15, 0.2) is 0 Å². The van der Waals surface area contributed by atoms with Gasteiger partial charge in [0.2, 0.25) is 0 Å². The lowest BCUT2D eigenvalue weighted by molar-refractivity contribution is 0.547. The minimum absolute atomic E-state index is 0.499. The Bertz CT molecular complexity index is 479. The molecule has 0 aliphatic heterocycles. The van der Waals surface area contributed by atoms with Crippen molar-refractivity contribution in [3.8, 4) is 0 Å². The molecule has 0 atom stereocenters. The lowest BCUT2D eigenvalue weighted by Crippen LogP contribution is -2.52. The van der Waals surface area contributed by atoms with Crippen molar-refractivity contribution < 1.29 is 0 Å². The summed E-state index contributed by atoms with van der Waals surface area (Å²) in [6.07, 6.45) is 3.95. The van der Waals surface area contributed by atoms with Gasteiger partial charge in [-0.05, 0) is 11.0 Å². The van der Waals surface area contributed by atoms with Crippen molar-refractivity contribution in [1.29, 1.82) is 0 Å². The van der Waals surface area contributed by atoms with Gasteiger partial charge in [-0.3, -0.25) is 0 Å². The molecule has 2 heteroatoms. The van der Waals surface area contributed by atoms with Crippen LogP contribution in [0, 0.1) is 5.92 Å². The fourth-order valence-electron chi connectivity index (χ4n) is 3.61. The lowest BCUT2D eigenvalue weighted by Gasteiger charge is -2.42. The van der Waals surface area contributed by atoms with Crippen LogP contribution in [-0.2, 0) is 0 Å². The molecule has 0 aliphatic rings. The molecule has 132 valence electrons. The van der Waals surface area contributed by atoms with Crippen molar-refractivity contribution in [2.24, 2.45) is 5.92 Å². The maximum Gasteiger partial charge on any atom is 0.0864 e. The van der Waals surface area contributed by atoms with Gasteiger partial charge in [0.05, 0.1) is 16.1 Å². The average molecular weight is 349 g/mol. The summed E-state index contributed by atoms with van der Waals surface area (Å²) in [4.78, 5) is 0. The van der Waals surface area contributed by atoms with Crippen molar-refractivity contribution in [2.75, 3.05) is 0 Å². The van der Waals surface area contributed by atoms with Gasteiger partial charge in [0.25, 0.3) is 0 Å². The van der Waals surface area contributed by atoms with Crippen LogP contribution in [0.5, 0.6) is 0 Å². The first kappa shape index (κ1) is 20.7. The SMILES string of the molecule is CCC(C)(CC)[Si](C)(C)c1ccc([Si](C)(C)CCC(C)C)cc1. The molecule has 0 heterocycles. The smallest absolute Gasteiger partial charge is 0.0654 e. The molecular weight excluding hydrogens is 308 g/mol. The second kappa shape index (κ2) is 7.69. The predicted molar refractivity (Wildman–Crippen MR) is 114 cm³/mol. The highest BCUT2D eigenvalue weighted by atomic mass is 28.3. The van der Waals surface area contributed by atoms with Crippen molar-refractivity contribution in [2.45, 2.75) is 91.2 Å². The molecule has 0 saturated carbocycles. The topological polar surface area (TPSA) is 0 Å². The first-order valence-electron chi connectivity index (χ1n) is 9.61. The maximum atomic E-state index is 2.57. The molecule has 0 N–H and O–H groups in total. The first-order chi connectivity index (χ1) is 10.5. The van der Waals surface area contributed by atoms with E-state index in [0.717, 1.165) is 5.92 Å². The summed E-state index contributed by atoms with van der Waals surface area (Å²) in [5.74, 6) is 0.821. The maximum absolute atomic E-state index is 2.57. The van der Waals surface area contributed by atoms with Crippen LogP contribution in [0.25, 0.3) is 0 Å². The highest BCUT2D eigenvalue weighted by molar-refractivity contribution is 6.93.